The average molecular weight is 507 g/mol. The summed E-state index contributed by atoms with van der Waals surface area (Å²) in [6.07, 6.45) is 1.42. The highest BCUT2D eigenvalue weighted by molar-refractivity contribution is 6.46. The van der Waals surface area contributed by atoms with Gasteiger partial charge in [0.2, 0.25) is 0 Å². The number of nitrogens with zero attached hydrogens (tertiary/aromatic N) is 2. The minimum Gasteiger partial charge on any atom is -0.507 e. The maximum absolute atomic E-state index is 13.3. The maximum atomic E-state index is 13.3. The molecule has 4 rings (SSSR count). The topological polar surface area (TPSA) is 96.4 Å². The monoisotopic (exact) mass is 506 g/mol. The van der Waals surface area contributed by atoms with Gasteiger partial charge in [-0.25, -0.2) is 4.79 Å². The lowest BCUT2D eigenvalue weighted by molar-refractivity contribution is -0.140. The molecule has 0 radical (unpaired) electrons. The van der Waals surface area contributed by atoms with Crippen LogP contribution in [0.4, 0.5) is 0 Å². The number of rotatable bonds is 9. The van der Waals surface area contributed by atoms with Gasteiger partial charge < -0.3 is 24.4 Å². The van der Waals surface area contributed by atoms with Gasteiger partial charge in [0.15, 0.2) is 0 Å². The highest BCUT2D eigenvalue weighted by Crippen LogP contribution is 2.40. The molecule has 196 valence electrons. The molecule has 2 atom stereocenters. The van der Waals surface area contributed by atoms with Gasteiger partial charge in [0.05, 0.1) is 24.3 Å². The van der Waals surface area contributed by atoms with Crippen molar-refractivity contribution in [3.8, 4) is 5.75 Å². The van der Waals surface area contributed by atoms with E-state index in [0.717, 1.165) is 30.9 Å². The Morgan fingerprint density at radius 3 is 2.43 bits per heavy atom. The van der Waals surface area contributed by atoms with Gasteiger partial charge in [-0.2, -0.15) is 0 Å². The number of hydrogen-bond donors (Lipinski definition) is 1. The minimum absolute atomic E-state index is 0.0390. The van der Waals surface area contributed by atoms with E-state index in [1.54, 1.807) is 36.4 Å². The number of Topliss-reactive ketones (excluding diaryl/α,β-unsaturated/α-hetero) is 1. The van der Waals surface area contributed by atoms with Crippen LogP contribution in [0.25, 0.3) is 5.76 Å². The van der Waals surface area contributed by atoms with Gasteiger partial charge in [0.1, 0.15) is 17.6 Å². The first-order chi connectivity index (χ1) is 17.8. The number of esters is 1. The van der Waals surface area contributed by atoms with Gasteiger partial charge in [-0.05, 0) is 74.4 Å². The number of benzene rings is 2. The molecule has 2 heterocycles. The highest BCUT2D eigenvalue weighted by Gasteiger charge is 2.46. The summed E-state index contributed by atoms with van der Waals surface area (Å²) in [4.78, 5) is 42.3. The van der Waals surface area contributed by atoms with E-state index in [9.17, 15) is 19.5 Å². The van der Waals surface area contributed by atoms with E-state index in [0.29, 0.717) is 36.1 Å². The second-order valence-electron chi connectivity index (χ2n) is 9.44. The smallest absolute Gasteiger partial charge is 0.337 e. The molecule has 2 aromatic rings. The van der Waals surface area contributed by atoms with Crippen molar-refractivity contribution in [2.24, 2.45) is 0 Å². The van der Waals surface area contributed by atoms with Crippen LogP contribution in [0, 0.1) is 0 Å². The fourth-order valence-electron chi connectivity index (χ4n) is 5.11. The summed E-state index contributed by atoms with van der Waals surface area (Å²) in [5, 5.41) is 11.4. The lowest BCUT2D eigenvalue weighted by Crippen LogP contribution is -2.33. The van der Waals surface area contributed by atoms with Crippen LogP contribution in [-0.4, -0.2) is 72.0 Å². The summed E-state index contributed by atoms with van der Waals surface area (Å²) >= 11 is 0. The number of methoxy groups -OCH3 is 1. The molecule has 0 saturated carbocycles. The normalized spacial score (nSPS) is 20.3. The molecule has 0 spiro atoms. The zero-order valence-corrected chi connectivity index (χ0v) is 21.8. The molecular formula is C29H34N2O6. The molecule has 1 amide bonds. The van der Waals surface area contributed by atoms with E-state index in [1.165, 1.54) is 12.0 Å². The zero-order valence-electron chi connectivity index (χ0n) is 21.8. The van der Waals surface area contributed by atoms with E-state index < -0.39 is 23.7 Å². The molecule has 2 aliphatic rings. The van der Waals surface area contributed by atoms with Gasteiger partial charge in [0.25, 0.3) is 11.7 Å². The molecule has 0 bridgehead atoms. The summed E-state index contributed by atoms with van der Waals surface area (Å²) in [7, 11) is 1.31. The van der Waals surface area contributed by atoms with Crippen molar-refractivity contribution in [1.29, 1.82) is 0 Å². The van der Waals surface area contributed by atoms with E-state index in [1.807, 2.05) is 13.0 Å². The Hall–Kier alpha value is -3.65. The molecule has 2 aliphatic heterocycles. The van der Waals surface area contributed by atoms with Crippen molar-refractivity contribution in [2.75, 3.05) is 33.3 Å². The van der Waals surface area contributed by atoms with E-state index in [4.69, 9.17) is 9.47 Å². The van der Waals surface area contributed by atoms with Crippen molar-refractivity contribution in [3.05, 3.63) is 70.3 Å². The van der Waals surface area contributed by atoms with Gasteiger partial charge in [-0.15, -0.1) is 0 Å². The Morgan fingerprint density at radius 2 is 1.78 bits per heavy atom. The molecular weight excluding hydrogens is 472 g/mol. The van der Waals surface area contributed by atoms with Crippen LogP contribution in [-0.2, 0) is 20.7 Å². The number of fused-ring (bicyclic) bond motifs is 1. The second-order valence-corrected chi connectivity index (χ2v) is 9.44. The number of aliphatic hydroxyl groups is 1. The summed E-state index contributed by atoms with van der Waals surface area (Å²) in [6.45, 7) is 9.08. The second kappa shape index (κ2) is 11.2. The quantitative estimate of drug-likeness (QED) is 0.238. The summed E-state index contributed by atoms with van der Waals surface area (Å²) < 4.78 is 10.6. The maximum Gasteiger partial charge on any atom is 0.337 e. The third-order valence-electron chi connectivity index (χ3n) is 7.12. The highest BCUT2D eigenvalue weighted by atomic mass is 16.5. The standard InChI is InChI=1S/C29H34N2O6/c1-5-30(6-2)14-7-15-31-25(19-8-10-20(11-9-19)29(35)36-4)24(27(33)28(31)34)26(32)21-12-13-23-22(17-21)16-18(3)37-23/h8-13,17-18,25,32H,5-7,14-16H2,1-4H3/b26-24-. The van der Waals surface area contributed by atoms with Crippen molar-refractivity contribution < 1.29 is 29.0 Å². The van der Waals surface area contributed by atoms with Crippen molar-refractivity contribution in [2.45, 2.75) is 45.8 Å². The van der Waals surface area contributed by atoms with Crippen molar-refractivity contribution in [1.82, 2.24) is 9.80 Å². The van der Waals surface area contributed by atoms with Gasteiger partial charge in [-0.3, -0.25) is 9.59 Å². The van der Waals surface area contributed by atoms with Crippen LogP contribution in [0.15, 0.2) is 48.0 Å². The Balaban J connectivity index is 1.74. The lowest BCUT2D eigenvalue weighted by Gasteiger charge is -2.27. The number of aliphatic hydroxyl groups excluding tert-OH is 1. The fraction of sp³-hybridized carbons (Fsp3) is 0.414. The molecule has 0 aliphatic carbocycles. The molecule has 1 N–H and O–H groups in total. The fourth-order valence-corrected chi connectivity index (χ4v) is 5.11. The summed E-state index contributed by atoms with van der Waals surface area (Å²) in [6, 6.07) is 11.1. The summed E-state index contributed by atoms with van der Waals surface area (Å²) in [5.41, 5.74) is 2.45. The SMILES string of the molecule is CCN(CC)CCCN1C(=O)C(=O)/C(=C(\O)c2ccc3c(c2)CC(C)O3)C1c1ccc(C(=O)OC)cc1. The number of ether oxygens (including phenoxy) is 2. The molecule has 1 saturated heterocycles. The van der Waals surface area contributed by atoms with Gasteiger partial charge in [0, 0.05) is 18.5 Å². The van der Waals surface area contributed by atoms with Crippen LogP contribution in [0.3, 0.4) is 0 Å². The Labute approximate surface area is 217 Å². The number of carbonyl (C=O) groups excluding carboxylic acids is 3. The Bertz CT molecular complexity index is 1220. The van der Waals surface area contributed by atoms with E-state index in [2.05, 4.69) is 18.7 Å². The first-order valence-electron chi connectivity index (χ1n) is 12.8. The van der Waals surface area contributed by atoms with Crippen LogP contribution in [0.1, 0.15) is 60.3 Å². The molecule has 0 aromatic heterocycles. The van der Waals surface area contributed by atoms with Crippen molar-refractivity contribution in [3.63, 3.8) is 0 Å². The molecule has 37 heavy (non-hydrogen) atoms. The Kier molecular flexibility index (Phi) is 7.97. The first-order valence-corrected chi connectivity index (χ1v) is 12.8. The molecule has 8 heteroatoms. The molecule has 8 nitrogen and oxygen atoms in total. The predicted octanol–water partition coefficient (Wildman–Crippen LogP) is 3.95. The predicted molar refractivity (Wildman–Crippen MR) is 139 cm³/mol. The van der Waals surface area contributed by atoms with E-state index >= 15 is 0 Å². The van der Waals surface area contributed by atoms with E-state index in [-0.39, 0.29) is 17.4 Å². The number of carbonyl (C=O) groups is 3. The van der Waals surface area contributed by atoms with Crippen LogP contribution in [0.5, 0.6) is 5.75 Å². The summed E-state index contributed by atoms with van der Waals surface area (Å²) in [5.74, 6) is -1.28. The molecule has 2 unspecified atom stereocenters. The lowest BCUT2D eigenvalue weighted by atomic mass is 9.94. The number of likely N-dealkylation sites (tertiary alicyclic amines) is 1. The Morgan fingerprint density at radius 1 is 1.11 bits per heavy atom. The zero-order chi connectivity index (χ0) is 26.7. The van der Waals surface area contributed by atoms with Crippen LogP contribution < -0.4 is 4.74 Å². The number of ketones is 1. The first kappa shape index (κ1) is 26.4. The van der Waals surface area contributed by atoms with Crippen molar-refractivity contribution >= 4 is 23.4 Å². The molecule has 2 aromatic carbocycles. The third-order valence-corrected chi connectivity index (χ3v) is 7.12. The van der Waals surface area contributed by atoms with Crippen LogP contribution >= 0.6 is 0 Å². The average Bonchev–Trinajstić information content (AvgIpc) is 3.41. The number of hydrogen-bond acceptors (Lipinski definition) is 7. The van der Waals surface area contributed by atoms with Gasteiger partial charge >= 0.3 is 5.97 Å². The third kappa shape index (κ3) is 5.25. The largest absolute Gasteiger partial charge is 0.507 e. The van der Waals surface area contributed by atoms with Gasteiger partial charge in [-0.1, -0.05) is 26.0 Å². The minimum atomic E-state index is -0.771. The van der Waals surface area contributed by atoms with Crippen LogP contribution in [0.2, 0.25) is 0 Å². The molecule has 1 fully saturated rings. The number of amides is 1.